The standard InChI is InChI=1S/C23H21ClN4O4S/c1-3-32-19-10-15(7-8-25-19)11-26-20(29)18-13-28-22(33-18)14(2)21(30)27(23(28)31)12-16-5-4-6-17(24)9-16/h4-10,13H,3,11-12H2,1-2H3,(H,26,29). The van der Waals surface area contributed by atoms with E-state index in [1.165, 1.54) is 10.6 Å². The Morgan fingerprint density at radius 1 is 1.21 bits per heavy atom. The van der Waals surface area contributed by atoms with Gasteiger partial charge in [-0.2, -0.15) is 0 Å². The van der Waals surface area contributed by atoms with Crippen LogP contribution >= 0.6 is 22.9 Å². The summed E-state index contributed by atoms with van der Waals surface area (Å²) in [5.41, 5.74) is 1.06. The molecule has 4 aromatic rings. The Morgan fingerprint density at radius 3 is 2.79 bits per heavy atom. The highest BCUT2D eigenvalue weighted by Gasteiger charge is 2.18. The number of thiazole rings is 1. The van der Waals surface area contributed by atoms with Crippen molar-refractivity contribution in [1.82, 2.24) is 19.3 Å². The summed E-state index contributed by atoms with van der Waals surface area (Å²) in [5, 5.41) is 3.36. The molecular formula is C23H21ClN4O4S. The highest BCUT2D eigenvalue weighted by atomic mass is 35.5. The summed E-state index contributed by atoms with van der Waals surface area (Å²) in [5.74, 6) is 0.145. The molecule has 0 saturated heterocycles. The second kappa shape index (κ2) is 9.60. The van der Waals surface area contributed by atoms with Crippen LogP contribution in [-0.2, 0) is 13.1 Å². The van der Waals surface area contributed by atoms with Gasteiger partial charge in [0.25, 0.3) is 11.5 Å². The predicted molar refractivity (Wildman–Crippen MR) is 128 cm³/mol. The van der Waals surface area contributed by atoms with Crippen LogP contribution in [0.4, 0.5) is 0 Å². The average Bonchev–Trinajstić information content (AvgIpc) is 3.25. The molecule has 170 valence electrons. The molecule has 33 heavy (non-hydrogen) atoms. The van der Waals surface area contributed by atoms with Crippen LogP contribution in [0.5, 0.6) is 5.88 Å². The first-order chi connectivity index (χ1) is 15.9. The number of ether oxygens (including phenoxy) is 1. The van der Waals surface area contributed by atoms with Crippen LogP contribution in [-0.4, -0.2) is 26.5 Å². The van der Waals surface area contributed by atoms with Crippen molar-refractivity contribution in [3.8, 4) is 5.88 Å². The van der Waals surface area contributed by atoms with Crippen molar-refractivity contribution in [3.05, 3.63) is 96.2 Å². The lowest BCUT2D eigenvalue weighted by molar-refractivity contribution is 0.0954. The van der Waals surface area contributed by atoms with Crippen molar-refractivity contribution in [2.45, 2.75) is 26.9 Å². The number of aryl methyl sites for hydroxylation is 1. The first kappa shape index (κ1) is 22.8. The number of halogens is 1. The molecule has 0 aliphatic carbocycles. The maximum absolute atomic E-state index is 13.1. The van der Waals surface area contributed by atoms with E-state index in [-0.39, 0.29) is 19.0 Å². The number of carbonyl (C=O) groups is 1. The van der Waals surface area contributed by atoms with Crippen molar-refractivity contribution >= 4 is 33.7 Å². The second-order valence-electron chi connectivity index (χ2n) is 7.32. The van der Waals surface area contributed by atoms with Gasteiger partial charge in [-0.15, -0.1) is 11.3 Å². The number of nitrogens with zero attached hydrogens (tertiary/aromatic N) is 3. The minimum Gasteiger partial charge on any atom is -0.478 e. The molecule has 0 bridgehead atoms. The Balaban J connectivity index is 1.61. The number of carbonyl (C=O) groups excluding carboxylic acids is 1. The van der Waals surface area contributed by atoms with Gasteiger partial charge in [-0.25, -0.2) is 9.78 Å². The number of nitrogens with one attached hydrogen (secondary N) is 1. The topological polar surface area (TPSA) is 94.7 Å². The summed E-state index contributed by atoms with van der Waals surface area (Å²) in [6, 6.07) is 10.5. The fourth-order valence-corrected chi connectivity index (χ4v) is 4.60. The van der Waals surface area contributed by atoms with Gasteiger partial charge in [0.15, 0.2) is 0 Å². The number of hydrogen-bond acceptors (Lipinski definition) is 6. The van der Waals surface area contributed by atoms with Gasteiger partial charge in [-0.1, -0.05) is 23.7 Å². The monoisotopic (exact) mass is 484 g/mol. The maximum Gasteiger partial charge on any atom is 0.336 e. The van der Waals surface area contributed by atoms with Crippen molar-refractivity contribution in [1.29, 1.82) is 0 Å². The lowest BCUT2D eigenvalue weighted by atomic mass is 10.2. The summed E-state index contributed by atoms with van der Waals surface area (Å²) in [4.78, 5) is 43.6. The molecule has 3 aromatic heterocycles. The van der Waals surface area contributed by atoms with Crippen LogP contribution in [0, 0.1) is 6.92 Å². The molecule has 0 atom stereocenters. The number of rotatable bonds is 7. The molecule has 0 fully saturated rings. The van der Waals surface area contributed by atoms with Gasteiger partial charge in [-0.3, -0.25) is 18.6 Å². The molecule has 1 amide bonds. The largest absolute Gasteiger partial charge is 0.478 e. The first-order valence-corrected chi connectivity index (χ1v) is 11.4. The van der Waals surface area contributed by atoms with E-state index in [1.807, 2.05) is 6.92 Å². The number of aromatic nitrogens is 3. The van der Waals surface area contributed by atoms with E-state index in [4.69, 9.17) is 16.3 Å². The van der Waals surface area contributed by atoms with Crippen LogP contribution in [0.2, 0.25) is 5.02 Å². The molecule has 0 saturated carbocycles. The lowest BCUT2D eigenvalue weighted by Crippen LogP contribution is -2.38. The van der Waals surface area contributed by atoms with Crippen molar-refractivity contribution < 1.29 is 9.53 Å². The van der Waals surface area contributed by atoms with Gasteiger partial charge in [0.1, 0.15) is 9.71 Å². The van der Waals surface area contributed by atoms with E-state index >= 15 is 0 Å². The van der Waals surface area contributed by atoms with Crippen molar-refractivity contribution in [3.63, 3.8) is 0 Å². The Hall–Kier alpha value is -3.43. The van der Waals surface area contributed by atoms with Crippen LogP contribution < -0.4 is 21.3 Å². The average molecular weight is 485 g/mol. The van der Waals surface area contributed by atoms with E-state index in [0.29, 0.717) is 32.8 Å². The number of pyridine rings is 1. The Kier molecular flexibility index (Phi) is 6.62. The van der Waals surface area contributed by atoms with E-state index in [1.54, 1.807) is 49.5 Å². The Morgan fingerprint density at radius 2 is 2.03 bits per heavy atom. The molecule has 10 heteroatoms. The molecule has 1 aromatic carbocycles. The van der Waals surface area contributed by atoms with Gasteiger partial charge in [0.05, 0.1) is 13.2 Å². The molecule has 4 rings (SSSR count). The number of benzene rings is 1. The van der Waals surface area contributed by atoms with E-state index in [9.17, 15) is 14.4 Å². The molecular weight excluding hydrogens is 464 g/mol. The summed E-state index contributed by atoms with van der Waals surface area (Å²) >= 11 is 7.13. The summed E-state index contributed by atoms with van der Waals surface area (Å²) in [6.45, 7) is 4.37. The first-order valence-electron chi connectivity index (χ1n) is 10.2. The van der Waals surface area contributed by atoms with Gasteiger partial charge >= 0.3 is 5.69 Å². The number of fused-ring (bicyclic) bond motifs is 1. The summed E-state index contributed by atoms with van der Waals surface area (Å²) < 4.78 is 7.87. The van der Waals surface area contributed by atoms with E-state index in [0.717, 1.165) is 27.0 Å². The third kappa shape index (κ3) is 4.84. The van der Waals surface area contributed by atoms with Crippen molar-refractivity contribution in [2.24, 2.45) is 0 Å². The molecule has 3 heterocycles. The van der Waals surface area contributed by atoms with E-state index < -0.39 is 11.2 Å². The highest BCUT2D eigenvalue weighted by molar-refractivity contribution is 7.19. The molecule has 0 aliphatic heterocycles. The van der Waals surface area contributed by atoms with Crippen LogP contribution in [0.3, 0.4) is 0 Å². The fraction of sp³-hybridized carbons (Fsp3) is 0.217. The zero-order valence-corrected chi connectivity index (χ0v) is 19.6. The van der Waals surface area contributed by atoms with Gasteiger partial charge < -0.3 is 10.1 Å². The van der Waals surface area contributed by atoms with Crippen LogP contribution in [0.1, 0.15) is 33.3 Å². The summed E-state index contributed by atoms with van der Waals surface area (Å²) in [6.07, 6.45) is 3.08. The summed E-state index contributed by atoms with van der Waals surface area (Å²) in [7, 11) is 0. The fourth-order valence-electron chi connectivity index (χ4n) is 3.38. The molecule has 0 radical (unpaired) electrons. The van der Waals surface area contributed by atoms with Crippen LogP contribution in [0.25, 0.3) is 4.83 Å². The van der Waals surface area contributed by atoms with E-state index in [2.05, 4.69) is 10.3 Å². The molecule has 0 spiro atoms. The quantitative estimate of drug-likeness (QED) is 0.434. The molecule has 0 unspecified atom stereocenters. The smallest absolute Gasteiger partial charge is 0.336 e. The third-order valence-corrected chi connectivity index (χ3v) is 6.44. The third-order valence-electron chi connectivity index (χ3n) is 4.99. The zero-order valence-electron chi connectivity index (χ0n) is 18.0. The van der Waals surface area contributed by atoms with Crippen molar-refractivity contribution in [2.75, 3.05) is 6.61 Å². The SMILES string of the molecule is CCOc1cc(CNC(=O)c2cn3c(=O)n(Cc4cccc(Cl)c4)c(=O)c(C)c3s2)ccn1. The molecule has 0 aliphatic rings. The second-order valence-corrected chi connectivity index (χ2v) is 8.78. The number of amides is 1. The predicted octanol–water partition coefficient (Wildman–Crippen LogP) is 3.26. The number of hydrogen-bond donors (Lipinski definition) is 1. The van der Waals surface area contributed by atoms with Gasteiger partial charge in [0, 0.05) is 35.6 Å². The van der Waals surface area contributed by atoms with Gasteiger partial charge in [0.2, 0.25) is 5.88 Å². The Bertz CT molecular complexity index is 1460. The Labute approximate surface area is 198 Å². The lowest BCUT2D eigenvalue weighted by Gasteiger charge is -2.08. The maximum atomic E-state index is 13.1. The minimum atomic E-state index is -0.508. The minimum absolute atomic E-state index is 0.0869. The zero-order chi connectivity index (χ0) is 23.5. The normalized spacial score (nSPS) is 11.0. The van der Waals surface area contributed by atoms with Crippen LogP contribution in [0.15, 0.2) is 58.4 Å². The molecule has 1 N–H and O–H groups in total. The highest BCUT2D eigenvalue weighted by Crippen LogP contribution is 2.19. The van der Waals surface area contributed by atoms with Gasteiger partial charge in [-0.05, 0) is 43.2 Å². The molecule has 8 nitrogen and oxygen atoms in total.